The third-order valence-corrected chi connectivity index (χ3v) is 5.01. The Kier molecular flexibility index (Phi) is 5.98. The summed E-state index contributed by atoms with van der Waals surface area (Å²) in [6.07, 6.45) is 0.194. The van der Waals surface area contributed by atoms with Gasteiger partial charge in [0.25, 0.3) is 5.91 Å². The Labute approximate surface area is 183 Å². The van der Waals surface area contributed by atoms with Gasteiger partial charge < -0.3 is 29.3 Å². The van der Waals surface area contributed by atoms with E-state index >= 15 is 0 Å². The van der Waals surface area contributed by atoms with Gasteiger partial charge in [-0.25, -0.2) is 9.59 Å². The minimum Gasteiger partial charge on any atom is -0.493 e. The molecule has 0 aliphatic carbocycles. The fourth-order valence-corrected chi connectivity index (χ4v) is 3.48. The first-order valence-corrected chi connectivity index (χ1v) is 10.1. The second kappa shape index (κ2) is 9.01. The number of carbonyl (C=O) groups excluding carboxylic acids is 2. The number of anilines is 1. The van der Waals surface area contributed by atoms with Gasteiger partial charge in [0.1, 0.15) is 12.2 Å². The van der Waals surface area contributed by atoms with Crippen LogP contribution < -0.4 is 25.7 Å². The molecular formula is C23H22N2O7. The molecule has 1 atom stereocenters. The van der Waals surface area contributed by atoms with E-state index in [-0.39, 0.29) is 17.2 Å². The second-order valence-electron chi connectivity index (χ2n) is 7.19. The van der Waals surface area contributed by atoms with E-state index in [9.17, 15) is 14.4 Å². The lowest BCUT2D eigenvalue weighted by molar-refractivity contribution is 0.102. The minimum atomic E-state index is -0.780. The molecule has 0 spiro atoms. The Morgan fingerprint density at radius 2 is 1.97 bits per heavy atom. The zero-order valence-electron chi connectivity index (χ0n) is 17.6. The summed E-state index contributed by atoms with van der Waals surface area (Å²) < 4.78 is 21.1. The molecule has 9 heteroatoms. The monoisotopic (exact) mass is 438 g/mol. The van der Waals surface area contributed by atoms with Crippen molar-refractivity contribution in [3.8, 4) is 11.5 Å². The number of rotatable bonds is 7. The minimum absolute atomic E-state index is 0.0784. The van der Waals surface area contributed by atoms with Crippen molar-refractivity contribution in [3.63, 3.8) is 0 Å². The summed E-state index contributed by atoms with van der Waals surface area (Å²) in [5.41, 5.74) is 0.814. The van der Waals surface area contributed by atoms with E-state index in [2.05, 4.69) is 10.6 Å². The lowest BCUT2D eigenvalue weighted by atomic mass is 10.1. The van der Waals surface area contributed by atoms with Crippen LogP contribution in [-0.4, -0.2) is 38.4 Å². The highest BCUT2D eigenvalue weighted by Crippen LogP contribution is 2.35. The molecule has 0 saturated carbocycles. The van der Waals surface area contributed by atoms with E-state index in [0.717, 1.165) is 5.56 Å². The number of carbonyl (C=O) groups is 2. The fourth-order valence-electron chi connectivity index (χ4n) is 3.48. The third kappa shape index (κ3) is 4.36. The van der Waals surface area contributed by atoms with Crippen LogP contribution in [0.4, 0.5) is 10.5 Å². The number of cyclic esters (lactones) is 1. The maximum absolute atomic E-state index is 12.7. The predicted molar refractivity (Wildman–Crippen MR) is 117 cm³/mol. The van der Waals surface area contributed by atoms with Gasteiger partial charge in [-0.3, -0.25) is 4.79 Å². The molecule has 0 unspecified atom stereocenters. The van der Waals surface area contributed by atoms with Gasteiger partial charge in [0.15, 0.2) is 11.3 Å². The summed E-state index contributed by atoms with van der Waals surface area (Å²) in [6.45, 7) is 2.49. The highest BCUT2D eigenvalue weighted by atomic mass is 16.6. The standard InChI is InChI=1S/C23H22N2O7/c1-3-30-20-18(29-2)9-6-14-11-17(22(27)32-19(14)20)21(26)24-15-7-4-13(5-8-15)10-16-12-31-23(28)25-16/h4-9,11,16H,3,10,12H2,1-2H3,(H,24,26)(H,25,28)/t16-/m1/s1. The molecule has 1 aromatic heterocycles. The largest absolute Gasteiger partial charge is 0.493 e. The topological polar surface area (TPSA) is 116 Å². The average Bonchev–Trinajstić information content (AvgIpc) is 3.19. The Bertz CT molecular complexity index is 1220. The number of ether oxygens (including phenoxy) is 3. The number of alkyl carbamates (subject to hydrolysis) is 1. The molecule has 2 N–H and O–H groups in total. The van der Waals surface area contributed by atoms with Crippen molar-refractivity contribution < 1.29 is 28.2 Å². The lowest BCUT2D eigenvalue weighted by Gasteiger charge is -2.12. The quantitative estimate of drug-likeness (QED) is 0.545. The zero-order chi connectivity index (χ0) is 22.7. The van der Waals surface area contributed by atoms with Crippen molar-refractivity contribution in [2.45, 2.75) is 19.4 Å². The summed E-state index contributed by atoms with van der Waals surface area (Å²) in [5, 5.41) is 5.96. The van der Waals surface area contributed by atoms with E-state index in [1.807, 2.05) is 12.1 Å². The smallest absolute Gasteiger partial charge is 0.407 e. The molecule has 1 aliphatic heterocycles. The molecule has 32 heavy (non-hydrogen) atoms. The predicted octanol–water partition coefficient (Wildman–Crippen LogP) is 3.10. The van der Waals surface area contributed by atoms with Crippen LogP contribution in [0, 0.1) is 0 Å². The van der Waals surface area contributed by atoms with Crippen LogP contribution in [0.5, 0.6) is 11.5 Å². The van der Waals surface area contributed by atoms with Crippen LogP contribution in [0.1, 0.15) is 22.8 Å². The van der Waals surface area contributed by atoms with Crippen LogP contribution in [0.2, 0.25) is 0 Å². The number of nitrogens with one attached hydrogen (secondary N) is 2. The van der Waals surface area contributed by atoms with E-state index in [4.69, 9.17) is 18.6 Å². The van der Waals surface area contributed by atoms with Crippen molar-refractivity contribution in [2.24, 2.45) is 0 Å². The number of amides is 2. The first kappa shape index (κ1) is 21.2. The fraction of sp³-hybridized carbons (Fsp3) is 0.261. The third-order valence-electron chi connectivity index (χ3n) is 5.01. The van der Waals surface area contributed by atoms with Gasteiger partial charge in [0, 0.05) is 11.1 Å². The summed E-state index contributed by atoms with van der Waals surface area (Å²) in [4.78, 5) is 36.4. The molecule has 1 fully saturated rings. The van der Waals surface area contributed by atoms with Gasteiger partial charge in [-0.1, -0.05) is 12.1 Å². The van der Waals surface area contributed by atoms with Crippen molar-refractivity contribution in [3.05, 3.63) is 64.0 Å². The SMILES string of the molecule is CCOc1c(OC)ccc2cc(C(=O)Nc3ccc(C[C@@H]4COC(=O)N4)cc3)c(=O)oc12. The lowest BCUT2D eigenvalue weighted by Crippen LogP contribution is -2.28. The molecule has 2 heterocycles. The van der Waals surface area contributed by atoms with Gasteiger partial charge in [-0.05, 0) is 49.2 Å². The number of fused-ring (bicyclic) bond motifs is 1. The summed E-state index contributed by atoms with van der Waals surface area (Å²) in [6, 6.07) is 11.9. The Morgan fingerprint density at radius 1 is 1.19 bits per heavy atom. The summed E-state index contributed by atoms with van der Waals surface area (Å²) in [5.74, 6) is 0.165. The first-order valence-electron chi connectivity index (χ1n) is 10.1. The molecule has 9 nitrogen and oxygen atoms in total. The molecule has 0 radical (unpaired) electrons. The van der Waals surface area contributed by atoms with Gasteiger partial charge in [-0.2, -0.15) is 0 Å². The van der Waals surface area contributed by atoms with E-state index in [1.165, 1.54) is 13.2 Å². The van der Waals surface area contributed by atoms with Crippen molar-refractivity contribution >= 4 is 28.7 Å². The highest BCUT2D eigenvalue weighted by Gasteiger charge is 2.22. The van der Waals surface area contributed by atoms with Gasteiger partial charge in [0.05, 0.1) is 19.8 Å². The highest BCUT2D eigenvalue weighted by molar-refractivity contribution is 6.05. The molecule has 1 aliphatic rings. The van der Waals surface area contributed by atoms with Gasteiger partial charge in [0.2, 0.25) is 5.75 Å². The molecule has 0 bridgehead atoms. The van der Waals surface area contributed by atoms with Crippen molar-refractivity contribution in [1.29, 1.82) is 0 Å². The Morgan fingerprint density at radius 3 is 2.62 bits per heavy atom. The van der Waals surface area contributed by atoms with Crippen LogP contribution in [-0.2, 0) is 11.2 Å². The van der Waals surface area contributed by atoms with Crippen LogP contribution in [0.15, 0.2) is 51.7 Å². The molecule has 2 amide bonds. The van der Waals surface area contributed by atoms with Crippen LogP contribution in [0.3, 0.4) is 0 Å². The normalized spacial score (nSPS) is 15.2. The second-order valence-corrected chi connectivity index (χ2v) is 7.19. The molecule has 166 valence electrons. The van der Waals surface area contributed by atoms with Gasteiger partial charge in [-0.15, -0.1) is 0 Å². The number of hydrogen-bond donors (Lipinski definition) is 2. The van der Waals surface area contributed by atoms with Crippen molar-refractivity contribution in [2.75, 3.05) is 25.6 Å². The maximum Gasteiger partial charge on any atom is 0.407 e. The molecule has 4 rings (SSSR count). The maximum atomic E-state index is 12.7. The van der Waals surface area contributed by atoms with E-state index < -0.39 is 17.6 Å². The molecule has 3 aromatic rings. The zero-order valence-corrected chi connectivity index (χ0v) is 17.6. The Balaban J connectivity index is 1.53. The number of benzene rings is 2. The number of methoxy groups -OCH3 is 1. The first-order chi connectivity index (χ1) is 15.5. The average molecular weight is 438 g/mol. The molecule has 1 saturated heterocycles. The van der Waals surface area contributed by atoms with Crippen LogP contribution in [0.25, 0.3) is 11.0 Å². The van der Waals surface area contributed by atoms with Crippen LogP contribution >= 0.6 is 0 Å². The summed E-state index contributed by atoms with van der Waals surface area (Å²) in [7, 11) is 1.49. The van der Waals surface area contributed by atoms with Gasteiger partial charge >= 0.3 is 11.7 Å². The van der Waals surface area contributed by atoms with Crippen molar-refractivity contribution in [1.82, 2.24) is 5.32 Å². The Hall–Kier alpha value is -4.01. The molecule has 2 aromatic carbocycles. The van der Waals surface area contributed by atoms with E-state index in [0.29, 0.717) is 42.2 Å². The van der Waals surface area contributed by atoms with E-state index in [1.54, 1.807) is 31.2 Å². The number of hydrogen-bond acceptors (Lipinski definition) is 7. The summed E-state index contributed by atoms with van der Waals surface area (Å²) >= 11 is 0. The molecular weight excluding hydrogens is 416 g/mol.